The molecule has 0 bridgehead atoms. The molecule has 4 rings (SSSR count). The van der Waals surface area contributed by atoms with Crippen molar-refractivity contribution in [1.82, 2.24) is 0 Å². The third-order valence-electron chi connectivity index (χ3n) is 4.86. The zero-order valence-corrected chi connectivity index (χ0v) is 15.3. The SMILES string of the molecule is CCS(=O)(=O)N1CC(C(=O)N2CCc3ccccc32)Oc2ccccc21. The minimum Gasteiger partial charge on any atom is -0.476 e. The molecule has 1 amide bonds. The third-order valence-corrected chi connectivity index (χ3v) is 6.61. The van der Waals surface area contributed by atoms with E-state index in [1.807, 2.05) is 24.3 Å². The number of fused-ring (bicyclic) bond motifs is 2. The molecular weight excluding hydrogens is 352 g/mol. The maximum atomic E-state index is 13.1. The monoisotopic (exact) mass is 372 g/mol. The number of hydrogen-bond acceptors (Lipinski definition) is 4. The topological polar surface area (TPSA) is 66.9 Å². The Balaban J connectivity index is 1.68. The maximum absolute atomic E-state index is 13.1. The number of carbonyl (C=O) groups excluding carboxylic acids is 1. The van der Waals surface area contributed by atoms with Gasteiger partial charge in [0.1, 0.15) is 5.75 Å². The molecule has 0 N–H and O–H groups in total. The number of benzene rings is 2. The summed E-state index contributed by atoms with van der Waals surface area (Å²) in [5, 5.41) is 0. The Morgan fingerprint density at radius 3 is 2.58 bits per heavy atom. The van der Waals surface area contributed by atoms with Gasteiger partial charge in [-0.2, -0.15) is 0 Å². The van der Waals surface area contributed by atoms with E-state index in [0.717, 1.165) is 17.7 Å². The molecular formula is C19H20N2O4S. The summed E-state index contributed by atoms with van der Waals surface area (Å²) in [4.78, 5) is 14.8. The molecule has 7 heteroatoms. The Kier molecular flexibility index (Phi) is 4.11. The Morgan fingerprint density at radius 2 is 1.81 bits per heavy atom. The van der Waals surface area contributed by atoms with Crippen LogP contribution in [0, 0.1) is 0 Å². The average Bonchev–Trinajstić information content (AvgIpc) is 3.10. The highest BCUT2D eigenvalue weighted by atomic mass is 32.2. The largest absolute Gasteiger partial charge is 0.476 e. The van der Waals surface area contributed by atoms with Gasteiger partial charge in [-0.3, -0.25) is 9.10 Å². The lowest BCUT2D eigenvalue weighted by molar-refractivity contribution is -0.125. The summed E-state index contributed by atoms with van der Waals surface area (Å²) in [6.45, 7) is 2.17. The summed E-state index contributed by atoms with van der Waals surface area (Å²) >= 11 is 0. The van der Waals surface area contributed by atoms with Crippen LogP contribution < -0.4 is 13.9 Å². The Hall–Kier alpha value is -2.54. The van der Waals surface area contributed by atoms with Crippen LogP contribution in [0.1, 0.15) is 12.5 Å². The highest BCUT2D eigenvalue weighted by molar-refractivity contribution is 7.92. The lowest BCUT2D eigenvalue weighted by Crippen LogP contribution is -2.52. The Bertz CT molecular complexity index is 958. The molecule has 2 aliphatic rings. The number of ether oxygens (including phenoxy) is 1. The summed E-state index contributed by atoms with van der Waals surface area (Å²) in [5.74, 6) is 0.178. The van der Waals surface area contributed by atoms with Gasteiger partial charge < -0.3 is 9.64 Å². The molecule has 1 atom stereocenters. The van der Waals surface area contributed by atoms with E-state index < -0.39 is 16.1 Å². The van der Waals surface area contributed by atoms with E-state index in [-0.39, 0.29) is 18.2 Å². The van der Waals surface area contributed by atoms with Crippen LogP contribution in [-0.4, -0.2) is 39.3 Å². The van der Waals surface area contributed by atoms with Gasteiger partial charge in [-0.05, 0) is 37.1 Å². The third kappa shape index (κ3) is 2.72. The van der Waals surface area contributed by atoms with Gasteiger partial charge in [0.15, 0.2) is 6.10 Å². The summed E-state index contributed by atoms with van der Waals surface area (Å²) in [6.07, 6.45) is -0.0697. The first-order valence-electron chi connectivity index (χ1n) is 8.66. The number of carbonyl (C=O) groups is 1. The van der Waals surface area contributed by atoms with Gasteiger partial charge >= 0.3 is 0 Å². The Morgan fingerprint density at radius 1 is 1.12 bits per heavy atom. The lowest BCUT2D eigenvalue weighted by atomic mass is 10.1. The number of para-hydroxylation sites is 3. The van der Waals surface area contributed by atoms with Gasteiger partial charge in [-0.15, -0.1) is 0 Å². The molecule has 1 unspecified atom stereocenters. The predicted octanol–water partition coefficient (Wildman–Crippen LogP) is 2.19. The molecule has 0 radical (unpaired) electrons. The smallest absolute Gasteiger partial charge is 0.269 e. The van der Waals surface area contributed by atoms with Gasteiger partial charge in [0.25, 0.3) is 5.91 Å². The van der Waals surface area contributed by atoms with Crippen LogP contribution in [0.2, 0.25) is 0 Å². The van der Waals surface area contributed by atoms with Crippen molar-refractivity contribution in [3.8, 4) is 5.75 Å². The number of rotatable bonds is 3. The van der Waals surface area contributed by atoms with Crippen molar-refractivity contribution in [2.75, 3.05) is 28.0 Å². The van der Waals surface area contributed by atoms with Crippen LogP contribution in [0.4, 0.5) is 11.4 Å². The van der Waals surface area contributed by atoms with Gasteiger partial charge in [-0.1, -0.05) is 30.3 Å². The second kappa shape index (κ2) is 6.32. The fourth-order valence-corrected chi connectivity index (χ4v) is 4.62. The first-order valence-corrected chi connectivity index (χ1v) is 10.3. The molecule has 0 saturated carbocycles. The second-order valence-corrected chi connectivity index (χ2v) is 8.56. The van der Waals surface area contributed by atoms with Crippen molar-refractivity contribution in [1.29, 1.82) is 0 Å². The molecule has 0 spiro atoms. The zero-order valence-electron chi connectivity index (χ0n) is 14.5. The molecule has 2 heterocycles. The normalized spacial score (nSPS) is 18.9. The molecule has 26 heavy (non-hydrogen) atoms. The van der Waals surface area contributed by atoms with E-state index in [9.17, 15) is 13.2 Å². The summed E-state index contributed by atoms with van der Waals surface area (Å²) in [5.41, 5.74) is 2.49. The van der Waals surface area contributed by atoms with Crippen LogP contribution >= 0.6 is 0 Å². The predicted molar refractivity (Wildman–Crippen MR) is 100 cm³/mol. The van der Waals surface area contributed by atoms with Crippen LogP contribution in [0.15, 0.2) is 48.5 Å². The quantitative estimate of drug-likeness (QED) is 0.828. The zero-order chi connectivity index (χ0) is 18.3. The average molecular weight is 372 g/mol. The standard InChI is InChI=1S/C19H20N2O4S/c1-2-26(23,24)21-13-18(25-17-10-6-5-9-16(17)21)19(22)20-12-11-14-7-3-4-8-15(14)20/h3-10,18H,2,11-13H2,1H3. The van der Waals surface area contributed by atoms with E-state index in [4.69, 9.17) is 4.74 Å². The minimum atomic E-state index is -3.50. The lowest BCUT2D eigenvalue weighted by Gasteiger charge is -2.36. The molecule has 0 saturated heterocycles. The van der Waals surface area contributed by atoms with Crippen LogP contribution in [0.3, 0.4) is 0 Å². The first kappa shape index (κ1) is 16.9. The number of anilines is 2. The first-order chi connectivity index (χ1) is 12.5. The fourth-order valence-electron chi connectivity index (χ4n) is 3.49. The van der Waals surface area contributed by atoms with Gasteiger partial charge in [0.05, 0.1) is 18.0 Å². The number of nitrogens with zero attached hydrogens (tertiary/aromatic N) is 2. The van der Waals surface area contributed by atoms with Crippen molar-refractivity contribution in [3.63, 3.8) is 0 Å². The second-order valence-electron chi connectivity index (χ2n) is 6.37. The maximum Gasteiger partial charge on any atom is 0.269 e. The van der Waals surface area contributed by atoms with Crippen molar-refractivity contribution in [2.45, 2.75) is 19.4 Å². The number of hydrogen-bond donors (Lipinski definition) is 0. The van der Waals surface area contributed by atoms with Crippen LogP contribution in [-0.2, 0) is 21.2 Å². The van der Waals surface area contributed by atoms with Gasteiger partial charge in [0, 0.05) is 12.2 Å². The summed E-state index contributed by atoms with van der Waals surface area (Å²) < 4.78 is 32.3. The molecule has 2 aliphatic heterocycles. The fraction of sp³-hybridized carbons (Fsp3) is 0.316. The van der Waals surface area contributed by atoms with E-state index >= 15 is 0 Å². The highest BCUT2D eigenvalue weighted by Gasteiger charge is 2.39. The van der Waals surface area contributed by atoms with Crippen molar-refractivity contribution >= 4 is 27.3 Å². The molecule has 0 aliphatic carbocycles. The minimum absolute atomic E-state index is 0.00924. The van der Waals surface area contributed by atoms with E-state index in [2.05, 4.69) is 0 Å². The number of sulfonamides is 1. The van der Waals surface area contributed by atoms with E-state index in [1.165, 1.54) is 4.31 Å². The van der Waals surface area contributed by atoms with Gasteiger partial charge in [0.2, 0.25) is 10.0 Å². The van der Waals surface area contributed by atoms with E-state index in [1.54, 1.807) is 36.1 Å². The summed E-state index contributed by atoms with van der Waals surface area (Å²) in [7, 11) is -3.50. The van der Waals surface area contributed by atoms with Crippen molar-refractivity contribution in [3.05, 3.63) is 54.1 Å². The number of amides is 1. The molecule has 2 aromatic rings. The molecule has 2 aromatic carbocycles. The Labute approximate surface area is 153 Å². The molecule has 0 aromatic heterocycles. The summed E-state index contributed by atoms with van der Waals surface area (Å²) in [6, 6.07) is 14.7. The molecule has 136 valence electrons. The van der Waals surface area contributed by atoms with Gasteiger partial charge in [-0.25, -0.2) is 8.42 Å². The molecule has 0 fully saturated rings. The van der Waals surface area contributed by atoms with Crippen LogP contribution in [0.25, 0.3) is 0 Å². The van der Waals surface area contributed by atoms with Crippen molar-refractivity contribution < 1.29 is 17.9 Å². The van der Waals surface area contributed by atoms with Crippen LogP contribution in [0.5, 0.6) is 5.75 Å². The molecule has 6 nitrogen and oxygen atoms in total. The van der Waals surface area contributed by atoms with Crippen molar-refractivity contribution in [2.24, 2.45) is 0 Å². The van der Waals surface area contributed by atoms with E-state index in [0.29, 0.717) is 18.0 Å². The highest BCUT2D eigenvalue weighted by Crippen LogP contribution is 2.36.